The highest BCUT2D eigenvalue weighted by atomic mass is 19.1. The first-order valence-electron chi connectivity index (χ1n) is 6.59. The molecule has 2 heterocycles. The molecule has 5 nitrogen and oxygen atoms in total. The van der Waals surface area contributed by atoms with Gasteiger partial charge in [0.2, 0.25) is 0 Å². The first-order chi connectivity index (χ1) is 10.6. The molecule has 0 fully saturated rings. The lowest BCUT2D eigenvalue weighted by Crippen LogP contribution is -2.08. The number of hydrogen-bond donors (Lipinski definition) is 1. The number of carbonyl (C=O) groups is 1. The van der Waals surface area contributed by atoms with Gasteiger partial charge in [0.25, 0.3) is 0 Å². The molecule has 3 rings (SSSR count). The SMILES string of the molecule is O=C(O)Cn1cc(-c2ccncc2)c(-c2ccc(F)cc2)n1. The normalized spacial score (nSPS) is 10.6. The summed E-state index contributed by atoms with van der Waals surface area (Å²) in [5, 5.41) is 13.2. The van der Waals surface area contributed by atoms with Gasteiger partial charge in [0.15, 0.2) is 0 Å². The van der Waals surface area contributed by atoms with Crippen LogP contribution in [0.3, 0.4) is 0 Å². The van der Waals surface area contributed by atoms with Crippen molar-refractivity contribution in [3.8, 4) is 22.4 Å². The van der Waals surface area contributed by atoms with E-state index in [1.165, 1.54) is 16.8 Å². The zero-order valence-electron chi connectivity index (χ0n) is 11.5. The van der Waals surface area contributed by atoms with Gasteiger partial charge in [-0.3, -0.25) is 14.5 Å². The third-order valence-corrected chi connectivity index (χ3v) is 3.17. The van der Waals surface area contributed by atoms with Crippen LogP contribution in [0.2, 0.25) is 0 Å². The van der Waals surface area contributed by atoms with Crippen molar-refractivity contribution in [2.24, 2.45) is 0 Å². The van der Waals surface area contributed by atoms with Crippen LogP contribution in [-0.4, -0.2) is 25.8 Å². The molecule has 22 heavy (non-hydrogen) atoms. The summed E-state index contributed by atoms with van der Waals surface area (Å²) in [7, 11) is 0. The Kier molecular flexibility index (Phi) is 3.65. The fraction of sp³-hybridized carbons (Fsp3) is 0.0625. The second-order valence-corrected chi connectivity index (χ2v) is 4.73. The van der Waals surface area contributed by atoms with Gasteiger partial charge < -0.3 is 5.11 Å². The zero-order chi connectivity index (χ0) is 15.5. The average molecular weight is 297 g/mol. The molecular formula is C16H12FN3O2. The average Bonchev–Trinajstić information content (AvgIpc) is 2.92. The molecule has 0 radical (unpaired) electrons. The standard InChI is InChI=1S/C16H12FN3O2/c17-13-3-1-12(2-4-13)16-14(11-5-7-18-8-6-11)9-20(19-16)10-15(21)22/h1-9H,10H2,(H,21,22). The molecular weight excluding hydrogens is 285 g/mol. The molecule has 2 aromatic heterocycles. The molecule has 0 aliphatic rings. The molecule has 110 valence electrons. The Morgan fingerprint density at radius 1 is 1.09 bits per heavy atom. The molecule has 1 aromatic carbocycles. The van der Waals surface area contributed by atoms with Crippen molar-refractivity contribution in [3.05, 3.63) is 60.8 Å². The van der Waals surface area contributed by atoms with Gasteiger partial charge in [-0.2, -0.15) is 5.10 Å². The molecule has 3 aromatic rings. The van der Waals surface area contributed by atoms with E-state index in [-0.39, 0.29) is 12.4 Å². The Morgan fingerprint density at radius 3 is 2.41 bits per heavy atom. The van der Waals surface area contributed by atoms with Crippen LogP contribution in [-0.2, 0) is 11.3 Å². The van der Waals surface area contributed by atoms with E-state index in [0.29, 0.717) is 5.69 Å². The van der Waals surface area contributed by atoms with E-state index in [2.05, 4.69) is 10.1 Å². The first-order valence-corrected chi connectivity index (χ1v) is 6.59. The van der Waals surface area contributed by atoms with Crippen LogP contribution in [0.1, 0.15) is 0 Å². The lowest BCUT2D eigenvalue weighted by Gasteiger charge is -2.02. The lowest BCUT2D eigenvalue weighted by molar-refractivity contribution is -0.137. The topological polar surface area (TPSA) is 68.0 Å². The number of aromatic nitrogens is 3. The van der Waals surface area contributed by atoms with Crippen LogP contribution < -0.4 is 0 Å². The number of halogens is 1. The van der Waals surface area contributed by atoms with Crippen molar-refractivity contribution in [1.82, 2.24) is 14.8 Å². The quantitative estimate of drug-likeness (QED) is 0.804. The molecule has 0 saturated carbocycles. The largest absolute Gasteiger partial charge is 0.480 e. The highest BCUT2D eigenvalue weighted by Gasteiger charge is 2.14. The Hall–Kier alpha value is -3.02. The third kappa shape index (κ3) is 2.85. The van der Waals surface area contributed by atoms with Crippen LogP contribution >= 0.6 is 0 Å². The lowest BCUT2D eigenvalue weighted by atomic mass is 10.0. The Balaban J connectivity index is 2.12. The summed E-state index contributed by atoms with van der Waals surface area (Å²) in [5.41, 5.74) is 2.96. The van der Waals surface area contributed by atoms with Gasteiger partial charge >= 0.3 is 5.97 Å². The minimum Gasteiger partial charge on any atom is -0.480 e. The van der Waals surface area contributed by atoms with Gasteiger partial charge in [0.05, 0.1) is 0 Å². The molecule has 0 aliphatic heterocycles. The molecule has 6 heteroatoms. The van der Waals surface area contributed by atoms with Crippen molar-refractivity contribution in [3.63, 3.8) is 0 Å². The van der Waals surface area contributed by atoms with E-state index in [9.17, 15) is 9.18 Å². The van der Waals surface area contributed by atoms with Crippen molar-refractivity contribution in [2.45, 2.75) is 6.54 Å². The Bertz CT molecular complexity index is 798. The summed E-state index contributed by atoms with van der Waals surface area (Å²) < 4.78 is 14.4. The van der Waals surface area contributed by atoms with Crippen molar-refractivity contribution in [1.29, 1.82) is 0 Å². The molecule has 1 N–H and O–H groups in total. The Labute approximate surface area is 125 Å². The van der Waals surface area contributed by atoms with E-state index in [1.54, 1.807) is 30.7 Å². The van der Waals surface area contributed by atoms with Crippen molar-refractivity contribution in [2.75, 3.05) is 0 Å². The molecule has 0 aliphatic carbocycles. The van der Waals surface area contributed by atoms with E-state index in [0.717, 1.165) is 16.7 Å². The van der Waals surface area contributed by atoms with Gasteiger partial charge in [-0.25, -0.2) is 4.39 Å². The smallest absolute Gasteiger partial charge is 0.325 e. The van der Waals surface area contributed by atoms with Gasteiger partial charge in [-0.15, -0.1) is 0 Å². The third-order valence-electron chi connectivity index (χ3n) is 3.17. The predicted molar refractivity (Wildman–Crippen MR) is 78.5 cm³/mol. The summed E-state index contributed by atoms with van der Waals surface area (Å²) in [5.74, 6) is -1.31. The van der Waals surface area contributed by atoms with E-state index in [1.807, 2.05) is 12.1 Å². The maximum absolute atomic E-state index is 13.1. The summed E-state index contributed by atoms with van der Waals surface area (Å²) in [4.78, 5) is 14.9. The van der Waals surface area contributed by atoms with Crippen LogP contribution in [0.4, 0.5) is 4.39 Å². The molecule has 0 unspecified atom stereocenters. The highest BCUT2D eigenvalue weighted by molar-refractivity contribution is 5.80. The monoisotopic (exact) mass is 297 g/mol. The second-order valence-electron chi connectivity index (χ2n) is 4.73. The maximum atomic E-state index is 13.1. The van der Waals surface area contributed by atoms with E-state index in [4.69, 9.17) is 5.11 Å². The zero-order valence-corrected chi connectivity index (χ0v) is 11.5. The molecule has 0 amide bonds. The summed E-state index contributed by atoms with van der Waals surface area (Å²) in [6.07, 6.45) is 4.97. The van der Waals surface area contributed by atoms with Crippen molar-refractivity contribution >= 4 is 5.97 Å². The number of carboxylic acid groups (broad SMARTS) is 1. The molecule has 0 saturated heterocycles. The van der Waals surface area contributed by atoms with Crippen LogP contribution in [0.15, 0.2) is 55.0 Å². The van der Waals surface area contributed by atoms with Crippen LogP contribution in [0, 0.1) is 5.82 Å². The second kappa shape index (κ2) is 5.77. The van der Waals surface area contributed by atoms with E-state index >= 15 is 0 Å². The fourth-order valence-electron chi connectivity index (χ4n) is 2.20. The van der Waals surface area contributed by atoms with Crippen LogP contribution in [0.5, 0.6) is 0 Å². The van der Waals surface area contributed by atoms with E-state index < -0.39 is 5.97 Å². The number of nitrogens with zero attached hydrogens (tertiary/aromatic N) is 3. The fourth-order valence-corrected chi connectivity index (χ4v) is 2.20. The number of aliphatic carboxylic acids is 1. The molecule has 0 atom stereocenters. The molecule has 0 bridgehead atoms. The minimum atomic E-state index is -0.977. The maximum Gasteiger partial charge on any atom is 0.325 e. The summed E-state index contributed by atoms with van der Waals surface area (Å²) in [6, 6.07) is 9.56. The van der Waals surface area contributed by atoms with Gasteiger partial charge in [-0.1, -0.05) is 0 Å². The number of rotatable bonds is 4. The summed E-state index contributed by atoms with van der Waals surface area (Å²) in [6.45, 7) is -0.237. The van der Waals surface area contributed by atoms with Gasteiger partial charge in [-0.05, 0) is 42.0 Å². The number of benzene rings is 1. The number of carboxylic acids is 1. The number of pyridine rings is 1. The van der Waals surface area contributed by atoms with Crippen LogP contribution in [0.25, 0.3) is 22.4 Å². The minimum absolute atomic E-state index is 0.237. The first kappa shape index (κ1) is 13.9. The number of hydrogen-bond acceptors (Lipinski definition) is 3. The van der Waals surface area contributed by atoms with Crippen molar-refractivity contribution < 1.29 is 14.3 Å². The predicted octanol–water partition coefficient (Wildman–Crippen LogP) is 2.84. The highest BCUT2D eigenvalue weighted by Crippen LogP contribution is 2.30. The summed E-state index contributed by atoms with van der Waals surface area (Å²) >= 11 is 0. The van der Waals surface area contributed by atoms with Gasteiger partial charge in [0.1, 0.15) is 18.1 Å². The molecule has 0 spiro atoms. The van der Waals surface area contributed by atoms with Gasteiger partial charge in [0, 0.05) is 29.7 Å². The Morgan fingerprint density at radius 2 is 1.77 bits per heavy atom.